The molecule has 0 saturated carbocycles. The van der Waals surface area contributed by atoms with Crippen LogP contribution in [-0.4, -0.2) is 29.1 Å². The lowest BCUT2D eigenvalue weighted by Gasteiger charge is -2.32. The van der Waals surface area contributed by atoms with Crippen LogP contribution >= 0.6 is 0 Å². The van der Waals surface area contributed by atoms with Crippen LogP contribution < -0.4 is 21.7 Å². The molecule has 0 aliphatic carbocycles. The molecule has 0 unspecified atom stereocenters. The number of nitrogens with two attached hydrogens (primary N) is 2. The summed E-state index contributed by atoms with van der Waals surface area (Å²) < 4.78 is 13.4. The Morgan fingerprint density at radius 1 is 1.31 bits per heavy atom. The first-order valence-electron chi connectivity index (χ1n) is 9.25. The Balaban J connectivity index is 1.87. The molecule has 1 aliphatic heterocycles. The second-order valence-electron chi connectivity index (χ2n) is 6.85. The molecule has 1 saturated heterocycles. The topological polar surface area (TPSA) is 93.1 Å². The van der Waals surface area contributed by atoms with Gasteiger partial charge in [-0.2, -0.15) is 4.98 Å². The molecule has 1 aromatic carbocycles. The fourth-order valence-electron chi connectivity index (χ4n) is 3.16. The van der Waals surface area contributed by atoms with E-state index in [1.807, 2.05) is 0 Å². The zero-order chi connectivity index (χ0) is 18.5. The third-order valence-electron chi connectivity index (χ3n) is 4.59. The SMILES string of the molecule is CCCCc1cc(N2CCC[C@@H](N)C2)nc(Nc2ccc(F)c(N)c2)n1. The number of aromatic nitrogens is 2. The van der Waals surface area contributed by atoms with Gasteiger partial charge in [0.05, 0.1) is 5.69 Å². The van der Waals surface area contributed by atoms with Crippen LogP contribution in [0.25, 0.3) is 0 Å². The van der Waals surface area contributed by atoms with Crippen molar-refractivity contribution in [2.45, 2.75) is 45.1 Å². The van der Waals surface area contributed by atoms with Crippen LogP contribution in [0.3, 0.4) is 0 Å². The molecule has 6 nitrogen and oxygen atoms in total. The zero-order valence-corrected chi connectivity index (χ0v) is 15.2. The zero-order valence-electron chi connectivity index (χ0n) is 15.2. The van der Waals surface area contributed by atoms with Crippen LogP contribution in [0.2, 0.25) is 0 Å². The lowest BCUT2D eigenvalue weighted by Crippen LogP contribution is -2.43. The van der Waals surface area contributed by atoms with Crippen molar-refractivity contribution in [1.29, 1.82) is 0 Å². The first kappa shape index (κ1) is 18.4. The molecule has 1 fully saturated rings. The first-order chi connectivity index (χ1) is 12.5. The summed E-state index contributed by atoms with van der Waals surface area (Å²) in [5.74, 6) is 0.953. The summed E-state index contributed by atoms with van der Waals surface area (Å²) >= 11 is 0. The van der Waals surface area contributed by atoms with E-state index >= 15 is 0 Å². The average Bonchev–Trinajstić information content (AvgIpc) is 2.63. The van der Waals surface area contributed by atoms with E-state index in [0.29, 0.717) is 11.6 Å². The number of hydrogen-bond donors (Lipinski definition) is 3. The molecule has 1 aromatic heterocycles. The molecule has 0 radical (unpaired) electrons. The molecule has 2 aromatic rings. The predicted octanol–water partition coefficient (Wildman–Crippen LogP) is 3.21. The molecule has 1 atom stereocenters. The Morgan fingerprint density at radius 3 is 2.88 bits per heavy atom. The van der Waals surface area contributed by atoms with E-state index in [1.165, 1.54) is 6.07 Å². The summed E-state index contributed by atoms with van der Waals surface area (Å²) in [5, 5.41) is 3.15. The van der Waals surface area contributed by atoms with Gasteiger partial charge in [0.15, 0.2) is 0 Å². The number of benzene rings is 1. The lowest BCUT2D eigenvalue weighted by atomic mass is 10.1. The van der Waals surface area contributed by atoms with Crippen LogP contribution in [0.5, 0.6) is 0 Å². The number of unbranched alkanes of at least 4 members (excludes halogenated alkanes) is 1. The van der Waals surface area contributed by atoms with Gasteiger partial charge in [0.25, 0.3) is 0 Å². The van der Waals surface area contributed by atoms with E-state index in [1.54, 1.807) is 12.1 Å². The number of halogens is 1. The Kier molecular flexibility index (Phi) is 5.88. The van der Waals surface area contributed by atoms with E-state index < -0.39 is 5.82 Å². The van der Waals surface area contributed by atoms with E-state index in [9.17, 15) is 4.39 Å². The smallest absolute Gasteiger partial charge is 0.229 e. The second kappa shape index (κ2) is 8.31. The second-order valence-corrected chi connectivity index (χ2v) is 6.85. The number of hydrogen-bond acceptors (Lipinski definition) is 6. The summed E-state index contributed by atoms with van der Waals surface area (Å²) in [6.07, 6.45) is 5.17. The summed E-state index contributed by atoms with van der Waals surface area (Å²) in [5.41, 5.74) is 13.5. The number of nitrogen functional groups attached to an aromatic ring is 1. The summed E-state index contributed by atoms with van der Waals surface area (Å²) in [7, 11) is 0. The van der Waals surface area contributed by atoms with Crippen molar-refractivity contribution >= 4 is 23.1 Å². The van der Waals surface area contributed by atoms with Gasteiger partial charge in [-0.15, -0.1) is 0 Å². The quantitative estimate of drug-likeness (QED) is 0.687. The lowest BCUT2D eigenvalue weighted by molar-refractivity contribution is 0.503. The van der Waals surface area contributed by atoms with Crippen molar-refractivity contribution in [3.05, 3.63) is 35.8 Å². The van der Waals surface area contributed by atoms with Gasteiger partial charge in [0, 0.05) is 36.6 Å². The number of anilines is 4. The monoisotopic (exact) mass is 358 g/mol. The first-order valence-corrected chi connectivity index (χ1v) is 9.25. The number of rotatable bonds is 6. The fourth-order valence-corrected chi connectivity index (χ4v) is 3.16. The molecule has 0 amide bonds. The Hall–Kier alpha value is -2.41. The predicted molar refractivity (Wildman–Crippen MR) is 104 cm³/mol. The van der Waals surface area contributed by atoms with Gasteiger partial charge in [-0.25, -0.2) is 9.37 Å². The minimum Gasteiger partial charge on any atom is -0.396 e. The van der Waals surface area contributed by atoms with Crippen LogP contribution in [-0.2, 0) is 6.42 Å². The molecule has 5 N–H and O–H groups in total. The van der Waals surface area contributed by atoms with Gasteiger partial charge < -0.3 is 21.7 Å². The number of piperidine rings is 1. The Labute approximate surface area is 153 Å². The van der Waals surface area contributed by atoms with Crippen molar-refractivity contribution in [3.8, 4) is 0 Å². The van der Waals surface area contributed by atoms with Crippen molar-refractivity contribution in [3.63, 3.8) is 0 Å². The highest BCUT2D eigenvalue weighted by atomic mass is 19.1. The largest absolute Gasteiger partial charge is 0.396 e. The van der Waals surface area contributed by atoms with Gasteiger partial charge in [0.1, 0.15) is 11.6 Å². The van der Waals surface area contributed by atoms with Crippen molar-refractivity contribution in [2.24, 2.45) is 5.73 Å². The molecule has 2 heterocycles. The van der Waals surface area contributed by atoms with E-state index in [4.69, 9.17) is 11.5 Å². The maximum Gasteiger partial charge on any atom is 0.229 e. The summed E-state index contributed by atoms with van der Waals surface area (Å²) in [6.45, 7) is 3.90. The third kappa shape index (κ3) is 4.60. The van der Waals surface area contributed by atoms with E-state index in [0.717, 1.165) is 56.7 Å². The molecular weight excluding hydrogens is 331 g/mol. The maximum atomic E-state index is 13.4. The van der Waals surface area contributed by atoms with Gasteiger partial charge in [0.2, 0.25) is 5.95 Å². The highest BCUT2D eigenvalue weighted by Crippen LogP contribution is 2.24. The normalized spacial score (nSPS) is 17.3. The summed E-state index contributed by atoms with van der Waals surface area (Å²) in [6, 6.07) is 6.74. The molecule has 7 heteroatoms. The van der Waals surface area contributed by atoms with Gasteiger partial charge in [-0.3, -0.25) is 0 Å². The van der Waals surface area contributed by atoms with Crippen LogP contribution in [0.1, 0.15) is 38.3 Å². The highest BCUT2D eigenvalue weighted by molar-refractivity contribution is 5.61. The Bertz CT molecular complexity index is 751. The minimum absolute atomic E-state index is 0.0966. The van der Waals surface area contributed by atoms with E-state index in [2.05, 4.69) is 33.2 Å². The maximum absolute atomic E-state index is 13.4. The fraction of sp³-hybridized carbons (Fsp3) is 0.474. The number of aryl methyl sites for hydroxylation is 1. The molecule has 3 rings (SSSR count). The minimum atomic E-state index is -0.434. The van der Waals surface area contributed by atoms with Gasteiger partial charge in [-0.1, -0.05) is 13.3 Å². The summed E-state index contributed by atoms with van der Waals surface area (Å²) in [4.78, 5) is 11.5. The molecule has 1 aliphatic rings. The average molecular weight is 358 g/mol. The third-order valence-corrected chi connectivity index (χ3v) is 4.59. The standard InChI is InChI=1S/C19H27FN6/c1-2-3-6-14-11-18(26-9-4-5-13(21)12-26)25-19(23-14)24-15-7-8-16(20)17(22)10-15/h7-8,10-11,13H,2-6,9,12,21-22H2,1H3,(H,23,24,25)/t13-/m1/s1. The van der Waals surface area contributed by atoms with Gasteiger partial charge in [-0.05, 0) is 43.9 Å². The van der Waals surface area contributed by atoms with Crippen molar-refractivity contribution in [1.82, 2.24) is 9.97 Å². The number of nitrogens with one attached hydrogen (secondary N) is 1. The Morgan fingerprint density at radius 2 is 2.15 bits per heavy atom. The molecule has 0 bridgehead atoms. The van der Waals surface area contributed by atoms with Crippen LogP contribution in [0, 0.1) is 5.82 Å². The molecule has 140 valence electrons. The molecular formula is C19H27FN6. The highest BCUT2D eigenvalue weighted by Gasteiger charge is 2.19. The van der Waals surface area contributed by atoms with Crippen molar-refractivity contribution in [2.75, 3.05) is 29.0 Å². The van der Waals surface area contributed by atoms with E-state index in [-0.39, 0.29) is 11.7 Å². The van der Waals surface area contributed by atoms with Crippen molar-refractivity contribution < 1.29 is 4.39 Å². The van der Waals surface area contributed by atoms with Crippen LogP contribution in [0.4, 0.5) is 27.5 Å². The van der Waals surface area contributed by atoms with Crippen LogP contribution in [0.15, 0.2) is 24.3 Å². The molecule has 26 heavy (non-hydrogen) atoms. The van der Waals surface area contributed by atoms with Gasteiger partial charge >= 0.3 is 0 Å². The number of nitrogens with zero attached hydrogens (tertiary/aromatic N) is 3. The molecule has 0 spiro atoms.